The maximum Gasteiger partial charge on any atom is 0.255 e. The van der Waals surface area contributed by atoms with Crippen molar-refractivity contribution in [2.45, 2.75) is 23.1 Å². The van der Waals surface area contributed by atoms with Gasteiger partial charge in [-0.1, -0.05) is 6.92 Å². The van der Waals surface area contributed by atoms with Gasteiger partial charge in [0.1, 0.15) is 10.6 Å². The number of hydrogen-bond donors (Lipinski definition) is 3. The molecule has 0 aliphatic carbocycles. The molecule has 1 amide bonds. The Hall–Kier alpha value is -2.47. The molecule has 0 unspecified atom stereocenters. The zero-order valence-corrected chi connectivity index (χ0v) is 16.9. The first kappa shape index (κ1) is 21.8. The largest absolute Gasteiger partial charge is 0.495 e. The average Bonchev–Trinajstić information content (AvgIpc) is 2.65. The third-order valence-electron chi connectivity index (χ3n) is 3.70. The van der Waals surface area contributed by atoms with Crippen LogP contribution in [-0.4, -0.2) is 36.4 Å². The number of nitrogens with two attached hydrogens (primary N) is 1. The summed E-state index contributed by atoms with van der Waals surface area (Å²) in [7, 11) is -6.36. The van der Waals surface area contributed by atoms with Gasteiger partial charge in [-0.15, -0.1) is 0 Å². The molecule has 0 aliphatic rings. The topological polar surface area (TPSA) is 145 Å². The molecule has 0 saturated carbocycles. The molecule has 0 heterocycles. The maximum absolute atomic E-state index is 12.5. The zero-order valence-electron chi connectivity index (χ0n) is 15.3. The Morgan fingerprint density at radius 1 is 1.07 bits per heavy atom. The van der Waals surface area contributed by atoms with E-state index in [0.717, 1.165) is 0 Å². The molecule has 11 heteroatoms. The lowest BCUT2D eigenvalue weighted by molar-refractivity contribution is 0.102. The predicted octanol–water partition coefficient (Wildman–Crippen LogP) is 1.28. The van der Waals surface area contributed by atoms with E-state index in [2.05, 4.69) is 10.0 Å². The quantitative estimate of drug-likeness (QED) is 0.579. The van der Waals surface area contributed by atoms with Gasteiger partial charge in [-0.25, -0.2) is 26.7 Å². The Morgan fingerprint density at radius 3 is 2.25 bits per heavy atom. The van der Waals surface area contributed by atoms with Gasteiger partial charge < -0.3 is 10.1 Å². The highest BCUT2D eigenvalue weighted by atomic mass is 32.2. The van der Waals surface area contributed by atoms with Gasteiger partial charge >= 0.3 is 0 Å². The van der Waals surface area contributed by atoms with E-state index in [1.165, 1.54) is 49.6 Å². The van der Waals surface area contributed by atoms with Crippen molar-refractivity contribution in [2.75, 3.05) is 19.0 Å². The van der Waals surface area contributed by atoms with Gasteiger partial charge in [-0.3, -0.25) is 4.79 Å². The number of benzene rings is 2. The summed E-state index contributed by atoms with van der Waals surface area (Å²) < 4.78 is 54.9. The number of primary sulfonamides is 1. The summed E-state index contributed by atoms with van der Waals surface area (Å²) in [6.45, 7) is 2.07. The first-order valence-electron chi connectivity index (χ1n) is 8.20. The van der Waals surface area contributed by atoms with E-state index in [1.807, 2.05) is 6.92 Å². The van der Waals surface area contributed by atoms with Crippen LogP contribution in [0.25, 0.3) is 0 Å². The number of carbonyl (C=O) groups is 1. The molecule has 9 nitrogen and oxygen atoms in total. The van der Waals surface area contributed by atoms with Crippen LogP contribution in [0, 0.1) is 0 Å². The average molecular weight is 428 g/mol. The van der Waals surface area contributed by atoms with Crippen molar-refractivity contribution in [1.82, 2.24) is 4.72 Å². The lowest BCUT2D eigenvalue weighted by Crippen LogP contribution is -2.25. The van der Waals surface area contributed by atoms with E-state index >= 15 is 0 Å². The minimum absolute atomic E-state index is 0.0909. The van der Waals surface area contributed by atoms with E-state index in [-0.39, 0.29) is 27.6 Å². The van der Waals surface area contributed by atoms with E-state index in [9.17, 15) is 21.6 Å². The Kier molecular flexibility index (Phi) is 6.77. The molecule has 4 N–H and O–H groups in total. The summed E-state index contributed by atoms with van der Waals surface area (Å²) in [6.07, 6.45) is 0.607. The number of methoxy groups -OCH3 is 1. The second-order valence-electron chi connectivity index (χ2n) is 5.79. The van der Waals surface area contributed by atoms with Crippen LogP contribution in [0.1, 0.15) is 23.7 Å². The molecular formula is C17H21N3O6S2. The summed E-state index contributed by atoms with van der Waals surface area (Å²) >= 11 is 0. The number of anilines is 1. The molecule has 2 rings (SSSR count). The SMILES string of the molecule is CCCNS(=O)(=O)c1cc(C(=O)Nc2ccc(S(N)(=O)=O)cc2)ccc1OC. The molecular weight excluding hydrogens is 406 g/mol. The number of hydrogen-bond acceptors (Lipinski definition) is 6. The Balaban J connectivity index is 2.30. The minimum atomic E-state index is -3.85. The smallest absolute Gasteiger partial charge is 0.255 e. The number of carbonyl (C=O) groups excluding carboxylic acids is 1. The summed E-state index contributed by atoms with van der Waals surface area (Å²) in [5.74, 6) is -0.462. The van der Waals surface area contributed by atoms with Gasteiger partial charge in [0.2, 0.25) is 20.0 Å². The molecule has 0 radical (unpaired) electrons. The van der Waals surface area contributed by atoms with Crippen LogP contribution in [0.3, 0.4) is 0 Å². The summed E-state index contributed by atoms with van der Waals surface area (Å²) in [5, 5.41) is 7.59. The lowest BCUT2D eigenvalue weighted by Gasteiger charge is -2.12. The second kappa shape index (κ2) is 8.69. The van der Waals surface area contributed by atoms with Gasteiger partial charge in [0.15, 0.2) is 0 Å². The molecule has 0 aliphatic heterocycles. The van der Waals surface area contributed by atoms with Gasteiger partial charge in [0.05, 0.1) is 12.0 Å². The third-order valence-corrected chi connectivity index (χ3v) is 6.11. The van der Waals surface area contributed by atoms with Crippen LogP contribution in [-0.2, 0) is 20.0 Å². The Morgan fingerprint density at radius 2 is 1.71 bits per heavy atom. The highest BCUT2D eigenvalue weighted by Gasteiger charge is 2.21. The van der Waals surface area contributed by atoms with E-state index in [0.29, 0.717) is 12.1 Å². The van der Waals surface area contributed by atoms with Crippen LogP contribution < -0.4 is 19.9 Å². The van der Waals surface area contributed by atoms with Crippen LogP contribution in [0.5, 0.6) is 5.75 Å². The molecule has 0 atom stereocenters. The molecule has 0 fully saturated rings. The number of amides is 1. The first-order valence-corrected chi connectivity index (χ1v) is 11.2. The summed E-state index contributed by atoms with van der Waals surface area (Å²) in [4.78, 5) is 12.2. The van der Waals surface area contributed by atoms with Crippen LogP contribution in [0.2, 0.25) is 0 Å². The molecule has 28 heavy (non-hydrogen) atoms. The molecule has 2 aromatic rings. The molecule has 152 valence electrons. The van der Waals surface area contributed by atoms with Crippen molar-refractivity contribution in [3.05, 3.63) is 48.0 Å². The minimum Gasteiger partial charge on any atom is -0.495 e. The van der Waals surface area contributed by atoms with Gasteiger partial charge in [-0.05, 0) is 48.9 Å². The zero-order chi connectivity index (χ0) is 20.9. The normalized spacial score (nSPS) is 11.8. The van der Waals surface area contributed by atoms with Crippen molar-refractivity contribution >= 4 is 31.6 Å². The fraction of sp³-hybridized carbons (Fsp3) is 0.235. The predicted molar refractivity (Wildman–Crippen MR) is 104 cm³/mol. The fourth-order valence-corrected chi connectivity index (χ4v) is 4.12. The Bertz CT molecular complexity index is 1060. The molecule has 0 spiro atoms. The van der Waals surface area contributed by atoms with E-state index in [4.69, 9.17) is 9.88 Å². The summed E-state index contributed by atoms with van der Waals surface area (Å²) in [6, 6.07) is 9.28. The number of rotatable bonds is 8. The van der Waals surface area contributed by atoms with E-state index in [1.54, 1.807) is 0 Å². The fourth-order valence-electron chi connectivity index (χ4n) is 2.27. The monoisotopic (exact) mass is 427 g/mol. The maximum atomic E-state index is 12.5. The molecule has 0 saturated heterocycles. The third kappa shape index (κ3) is 5.29. The van der Waals surface area contributed by atoms with Gasteiger partial charge in [0, 0.05) is 17.8 Å². The number of sulfonamides is 2. The van der Waals surface area contributed by atoms with Gasteiger partial charge in [0.25, 0.3) is 5.91 Å². The standard InChI is InChI=1S/C17H21N3O6S2/c1-3-10-19-28(24,25)16-11-12(4-9-15(16)26-2)17(21)20-13-5-7-14(8-6-13)27(18,22)23/h4-9,11,19H,3,10H2,1-2H3,(H,20,21)(H2,18,22,23). The van der Waals surface area contributed by atoms with E-state index < -0.39 is 26.0 Å². The molecule has 0 aromatic heterocycles. The highest BCUT2D eigenvalue weighted by molar-refractivity contribution is 7.89. The number of nitrogens with one attached hydrogen (secondary N) is 2. The second-order valence-corrected chi connectivity index (χ2v) is 9.08. The lowest BCUT2D eigenvalue weighted by atomic mass is 10.2. The highest BCUT2D eigenvalue weighted by Crippen LogP contribution is 2.25. The van der Waals surface area contributed by atoms with Gasteiger partial charge in [-0.2, -0.15) is 0 Å². The summed E-state index contributed by atoms with van der Waals surface area (Å²) in [5.41, 5.74) is 0.412. The molecule has 0 bridgehead atoms. The molecule has 2 aromatic carbocycles. The Labute approximate surface area is 164 Å². The van der Waals surface area contributed by atoms with Crippen molar-refractivity contribution in [3.8, 4) is 5.75 Å². The van der Waals surface area contributed by atoms with Crippen LogP contribution in [0.15, 0.2) is 52.3 Å². The van der Waals surface area contributed by atoms with Crippen molar-refractivity contribution in [3.63, 3.8) is 0 Å². The first-order chi connectivity index (χ1) is 13.1. The number of ether oxygens (including phenoxy) is 1. The van der Waals surface area contributed by atoms with Crippen molar-refractivity contribution in [2.24, 2.45) is 5.14 Å². The van der Waals surface area contributed by atoms with Crippen LogP contribution in [0.4, 0.5) is 5.69 Å². The van der Waals surface area contributed by atoms with Crippen molar-refractivity contribution < 1.29 is 26.4 Å². The van der Waals surface area contributed by atoms with Crippen LogP contribution >= 0.6 is 0 Å². The van der Waals surface area contributed by atoms with Crippen molar-refractivity contribution in [1.29, 1.82) is 0 Å².